The first-order valence-corrected chi connectivity index (χ1v) is 15.3. The molecule has 5 rings (SSSR count). The van der Waals surface area contributed by atoms with Gasteiger partial charge in [0.2, 0.25) is 0 Å². The second-order valence-electron chi connectivity index (χ2n) is 12.8. The third kappa shape index (κ3) is 4.27. The number of aromatic nitrogens is 2. The maximum atomic E-state index is 13.4. The summed E-state index contributed by atoms with van der Waals surface area (Å²) in [6, 6.07) is 2.07. The Morgan fingerprint density at radius 3 is 2.63 bits per heavy atom. The fourth-order valence-electron chi connectivity index (χ4n) is 9.31. The second-order valence-corrected chi connectivity index (χ2v) is 15.0. The van der Waals surface area contributed by atoms with Gasteiger partial charge in [-0.25, -0.2) is 8.42 Å². The van der Waals surface area contributed by atoms with Crippen LogP contribution in [0.2, 0.25) is 0 Å². The summed E-state index contributed by atoms with van der Waals surface area (Å²) in [5.41, 5.74) is -0.550. The molecule has 4 fully saturated rings. The molecule has 1 aromatic heterocycles. The van der Waals surface area contributed by atoms with Crippen LogP contribution in [0.1, 0.15) is 77.2 Å². The minimum absolute atomic E-state index is 0.0149. The number of aliphatic hydroxyl groups is 1. The fourth-order valence-corrected chi connectivity index (χ4v) is 10.9. The summed E-state index contributed by atoms with van der Waals surface area (Å²) in [6.07, 6.45) is 12.5. The SMILES string of the molecule is C[C@@]1(O)CC[C@@]2(CS(C)(=O)=O)[C@H](CC[C@H]3[C@@H]4CC[C@H](C(=O)Cn5cc(C#N)cn5)[C@@]4(C)CC[C@@H]32)C1. The van der Waals surface area contributed by atoms with Crippen molar-refractivity contribution in [2.24, 2.45) is 40.4 Å². The van der Waals surface area contributed by atoms with E-state index in [1.54, 1.807) is 10.9 Å². The number of carbonyl (C=O) groups excluding carboxylic acids is 1. The molecule has 8 heteroatoms. The average Bonchev–Trinajstić information content (AvgIpc) is 3.36. The van der Waals surface area contributed by atoms with Gasteiger partial charge in [0.25, 0.3) is 0 Å². The zero-order valence-corrected chi connectivity index (χ0v) is 22.1. The van der Waals surface area contributed by atoms with Crippen LogP contribution in [0.4, 0.5) is 0 Å². The summed E-state index contributed by atoms with van der Waals surface area (Å²) >= 11 is 0. The number of hydrogen-bond acceptors (Lipinski definition) is 6. The number of carbonyl (C=O) groups is 1. The lowest BCUT2D eigenvalue weighted by atomic mass is 9.44. The van der Waals surface area contributed by atoms with Gasteiger partial charge in [-0.2, -0.15) is 10.4 Å². The van der Waals surface area contributed by atoms with Crippen LogP contribution in [0.25, 0.3) is 0 Å². The van der Waals surface area contributed by atoms with Gasteiger partial charge in [-0.1, -0.05) is 6.92 Å². The third-order valence-corrected chi connectivity index (χ3v) is 11.7. The summed E-state index contributed by atoms with van der Waals surface area (Å²) < 4.78 is 26.9. The van der Waals surface area contributed by atoms with Crippen LogP contribution in [-0.4, -0.2) is 46.7 Å². The standard InChI is InChI=1S/C27H39N3O4S/c1-25(32)10-11-27(17-35(3,33)34)19(12-25)4-5-20-21-6-7-23(26(21,2)9-8-22(20)27)24(31)16-30-15-18(13-28)14-29-30/h14-15,19-23,32H,4-12,16-17H2,1-3H3/t19-,20+,21+,22+,23-,25-,26+,27-/m1/s1. The molecule has 1 aromatic rings. The monoisotopic (exact) mass is 501 g/mol. The Kier molecular flexibility index (Phi) is 6.00. The number of nitrogens with zero attached hydrogens (tertiary/aromatic N) is 3. The van der Waals surface area contributed by atoms with E-state index in [-0.39, 0.29) is 40.7 Å². The number of ketones is 1. The number of fused-ring (bicyclic) bond motifs is 5. The van der Waals surface area contributed by atoms with Gasteiger partial charge >= 0.3 is 0 Å². The van der Waals surface area contributed by atoms with Crippen LogP contribution in [0.15, 0.2) is 12.4 Å². The summed E-state index contributed by atoms with van der Waals surface area (Å²) in [6.45, 7) is 4.42. The van der Waals surface area contributed by atoms with E-state index in [9.17, 15) is 18.3 Å². The van der Waals surface area contributed by atoms with Crippen LogP contribution in [0.5, 0.6) is 0 Å². The van der Waals surface area contributed by atoms with Crippen LogP contribution >= 0.6 is 0 Å². The molecule has 0 unspecified atom stereocenters. The van der Waals surface area contributed by atoms with E-state index in [4.69, 9.17) is 5.26 Å². The molecule has 4 aliphatic rings. The van der Waals surface area contributed by atoms with Crippen molar-refractivity contribution < 1.29 is 18.3 Å². The lowest BCUT2D eigenvalue weighted by Crippen LogP contribution is -2.59. The van der Waals surface area contributed by atoms with E-state index in [0.29, 0.717) is 36.2 Å². The number of sulfone groups is 1. The van der Waals surface area contributed by atoms with Crippen LogP contribution in [-0.2, 0) is 21.2 Å². The molecule has 4 saturated carbocycles. The number of hydrogen-bond donors (Lipinski definition) is 1. The maximum absolute atomic E-state index is 13.4. The highest BCUT2D eigenvalue weighted by Crippen LogP contribution is 2.68. The smallest absolute Gasteiger partial charge is 0.157 e. The minimum Gasteiger partial charge on any atom is -0.390 e. The molecule has 35 heavy (non-hydrogen) atoms. The lowest BCUT2D eigenvalue weighted by molar-refractivity contribution is -0.149. The molecule has 0 radical (unpaired) electrons. The van der Waals surface area contributed by atoms with Crippen molar-refractivity contribution in [1.29, 1.82) is 5.26 Å². The Morgan fingerprint density at radius 2 is 1.94 bits per heavy atom. The Hall–Kier alpha value is -1.72. The van der Waals surface area contributed by atoms with Gasteiger partial charge in [-0.15, -0.1) is 0 Å². The minimum atomic E-state index is -3.16. The largest absolute Gasteiger partial charge is 0.390 e. The van der Waals surface area contributed by atoms with E-state index in [2.05, 4.69) is 18.1 Å². The van der Waals surface area contributed by atoms with E-state index < -0.39 is 15.4 Å². The lowest BCUT2D eigenvalue weighted by Gasteiger charge is -2.62. The molecule has 0 spiro atoms. The Morgan fingerprint density at radius 1 is 1.17 bits per heavy atom. The first-order chi connectivity index (χ1) is 16.4. The molecule has 7 nitrogen and oxygen atoms in total. The quantitative estimate of drug-likeness (QED) is 0.657. The first kappa shape index (κ1) is 25.0. The molecule has 1 N–H and O–H groups in total. The summed E-state index contributed by atoms with van der Waals surface area (Å²) in [7, 11) is -3.16. The van der Waals surface area contributed by atoms with Crippen molar-refractivity contribution >= 4 is 15.6 Å². The highest BCUT2D eigenvalue weighted by atomic mass is 32.2. The van der Waals surface area contributed by atoms with Crippen LogP contribution < -0.4 is 0 Å². The Balaban J connectivity index is 1.40. The van der Waals surface area contributed by atoms with Crippen LogP contribution in [0, 0.1) is 51.8 Å². The molecule has 0 bridgehead atoms. The first-order valence-electron chi connectivity index (χ1n) is 13.2. The topological polar surface area (TPSA) is 113 Å². The van der Waals surface area contributed by atoms with E-state index in [1.807, 2.05) is 6.92 Å². The normalized spacial score (nSPS) is 43.0. The number of rotatable bonds is 5. The molecule has 8 atom stereocenters. The van der Waals surface area contributed by atoms with Crippen molar-refractivity contribution in [2.75, 3.05) is 12.0 Å². The summed E-state index contributed by atoms with van der Waals surface area (Å²) in [5, 5.41) is 24.1. The Labute approximate surface area is 209 Å². The zero-order valence-electron chi connectivity index (χ0n) is 21.2. The van der Waals surface area contributed by atoms with Gasteiger partial charge < -0.3 is 5.11 Å². The summed E-state index contributed by atoms with van der Waals surface area (Å²) in [5.74, 6) is 1.90. The van der Waals surface area contributed by atoms with Gasteiger partial charge in [0.1, 0.15) is 15.9 Å². The third-order valence-electron chi connectivity index (χ3n) is 10.7. The van der Waals surface area contributed by atoms with Crippen LogP contribution in [0.3, 0.4) is 0 Å². The van der Waals surface area contributed by atoms with Gasteiger partial charge in [-0.05, 0) is 99.2 Å². The molecule has 0 amide bonds. The predicted octanol–water partition coefficient (Wildman–Crippen LogP) is 3.76. The van der Waals surface area contributed by atoms with Gasteiger partial charge in [0.05, 0.1) is 29.7 Å². The van der Waals surface area contributed by atoms with Crippen molar-refractivity contribution in [3.63, 3.8) is 0 Å². The highest BCUT2D eigenvalue weighted by Gasteiger charge is 2.63. The van der Waals surface area contributed by atoms with Crippen molar-refractivity contribution in [3.05, 3.63) is 18.0 Å². The van der Waals surface area contributed by atoms with Gasteiger partial charge in [0, 0.05) is 18.4 Å². The van der Waals surface area contributed by atoms with Gasteiger partial charge in [-0.3, -0.25) is 9.48 Å². The highest BCUT2D eigenvalue weighted by molar-refractivity contribution is 7.90. The maximum Gasteiger partial charge on any atom is 0.157 e. The molecular weight excluding hydrogens is 462 g/mol. The molecule has 0 aliphatic heterocycles. The number of Topliss-reactive ketones (excluding diaryl/α,β-unsaturated/α-hetero) is 1. The van der Waals surface area contributed by atoms with Crippen molar-refractivity contribution in [3.8, 4) is 6.07 Å². The molecule has 0 saturated heterocycles. The number of nitriles is 1. The summed E-state index contributed by atoms with van der Waals surface area (Å²) in [4.78, 5) is 13.4. The van der Waals surface area contributed by atoms with E-state index in [1.165, 1.54) is 12.5 Å². The molecule has 1 heterocycles. The predicted molar refractivity (Wildman–Crippen MR) is 132 cm³/mol. The average molecular weight is 502 g/mol. The van der Waals surface area contributed by atoms with E-state index in [0.717, 1.165) is 44.9 Å². The molecule has 0 aromatic carbocycles. The molecular formula is C27H39N3O4S. The second kappa shape index (κ2) is 8.41. The Bertz CT molecular complexity index is 1150. The van der Waals surface area contributed by atoms with E-state index >= 15 is 0 Å². The van der Waals surface area contributed by atoms with Crippen molar-refractivity contribution in [2.45, 2.75) is 83.8 Å². The molecule has 192 valence electrons. The fraction of sp³-hybridized carbons (Fsp3) is 0.815. The zero-order chi connectivity index (χ0) is 25.2. The molecule has 4 aliphatic carbocycles. The van der Waals surface area contributed by atoms with Gasteiger partial charge in [0.15, 0.2) is 5.78 Å². The van der Waals surface area contributed by atoms with Crippen molar-refractivity contribution in [1.82, 2.24) is 9.78 Å².